The van der Waals surface area contributed by atoms with Gasteiger partial charge in [0, 0.05) is 12.7 Å². The number of nitrogens with one attached hydrogen (secondary N) is 2. The lowest BCUT2D eigenvalue weighted by Gasteiger charge is -2.25. The molecule has 0 saturated heterocycles. The number of anilines is 2. The van der Waals surface area contributed by atoms with Crippen molar-refractivity contribution in [1.29, 1.82) is 0 Å². The predicted molar refractivity (Wildman–Crippen MR) is 180 cm³/mol. The minimum Gasteiger partial charge on any atom is -0.478 e. The first kappa shape index (κ1) is 35.0. The van der Waals surface area contributed by atoms with Crippen molar-refractivity contribution >= 4 is 48.2 Å². The molecule has 1 aliphatic heterocycles. The number of carbonyl (C=O) groups excluding carboxylic acids is 2. The number of rotatable bonds is 13. The van der Waals surface area contributed by atoms with Crippen LogP contribution in [-0.4, -0.2) is 60.0 Å². The van der Waals surface area contributed by atoms with Crippen LogP contribution in [0.2, 0.25) is 0 Å². The number of carbonyl (C=O) groups is 3. The zero-order valence-corrected chi connectivity index (χ0v) is 28.1. The molecule has 3 aromatic rings. The topological polar surface area (TPSA) is 168 Å². The van der Waals surface area contributed by atoms with E-state index in [1.807, 2.05) is 26.0 Å². The van der Waals surface area contributed by atoms with Crippen molar-refractivity contribution in [2.24, 2.45) is 10.2 Å². The highest BCUT2D eigenvalue weighted by Crippen LogP contribution is 2.49. The Morgan fingerprint density at radius 3 is 2.40 bits per heavy atom. The van der Waals surface area contributed by atoms with Gasteiger partial charge in [0.2, 0.25) is 0 Å². The smallest absolute Gasteiger partial charge is 0.342 e. The molecular formula is C33H38N5O8P. The molecule has 0 aromatic heterocycles. The lowest BCUT2D eigenvalue weighted by molar-refractivity contribution is -0.149. The molecule has 1 unspecified atom stereocenters. The van der Waals surface area contributed by atoms with Gasteiger partial charge in [0.05, 0.1) is 28.8 Å². The molecule has 1 aliphatic rings. The summed E-state index contributed by atoms with van der Waals surface area (Å²) in [5, 5.41) is 22.4. The van der Waals surface area contributed by atoms with Crippen LogP contribution >= 0.6 is 7.52 Å². The largest absolute Gasteiger partial charge is 0.478 e. The summed E-state index contributed by atoms with van der Waals surface area (Å²) in [6, 6.07) is 15.5. The molecule has 47 heavy (non-hydrogen) atoms. The zero-order chi connectivity index (χ0) is 34.5. The second kappa shape index (κ2) is 14.7. The Balaban J connectivity index is 1.76. The van der Waals surface area contributed by atoms with Gasteiger partial charge in [-0.2, -0.15) is 15.2 Å². The van der Waals surface area contributed by atoms with Crippen LogP contribution in [0.5, 0.6) is 5.75 Å². The number of methoxy groups -OCH3 is 1. The van der Waals surface area contributed by atoms with E-state index in [9.17, 15) is 24.1 Å². The molecule has 13 nitrogen and oxygen atoms in total. The molecule has 0 aliphatic carbocycles. The van der Waals surface area contributed by atoms with Crippen molar-refractivity contribution < 1.29 is 38.1 Å². The van der Waals surface area contributed by atoms with Crippen LogP contribution in [0.3, 0.4) is 0 Å². The number of carboxylic acid groups (broad SMARTS) is 1. The SMILES string of the molecule is COCP(=O)(N[C@@H](C)C(=O)OC(C)C)Oc1c(N/N=C2\C(=O)N(c3ccc(C)c(C)c3)N=C2C)cccc1-c1cccc(C(=O)O)c1. The molecule has 248 valence electrons. The number of benzene rings is 3. The van der Waals surface area contributed by atoms with Crippen molar-refractivity contribution in [3.63, 3.8) is 0 Å². The maximum absolute atomic E-state index is 14.2. The number of hydrogen-bond acceptors (Lipinski definition) is 10. The quantitative estimate of drug-likeness (QED) is 0.113. The molecule has 0 bridgehead atoms. The van der Waals surface area contributed by atoms with Crippen LogP contribution in [-0.2, 0) is 23.6 Å². The number of para-hydroxylation sites is 1. The fourth-order valence-corrected chi connectivity index (χ4v) is 6.34. The Bertz CT molecular complexity index is 1810. The first-order valence-corrected chi connectivity index (χ1v) is 16.6. The monoisotopic (exact) mass is 663 g/mol. The van der Waals surface area contributed by atoms with Gasteiger partial charge in [0.1, 0.15) is 12.4 Å². The van der Waals surface area contributed by atoms with E-state index in [0.29, 0.717) is 22.5 Å². The van der Waals surface area contributed by atoms with Crippen LogP contribution in [0.4, 0.5) is 11.4 Å². The number of carboxylic acids is 1. The molecule has 2 atom stereocenters. The van der Waals surface area contributed by atoms with Crippen LogP contribution in [0, 0.1) is 13.8 Å². The average Bonchev–Trinajstić information content (AvgIpc) is 3.30. The number of hydrogen-bond donors (Lipinski definition) is 3. The van der Waals surface area contributed by atoms with Gasteiger partial charge < -0.3 is 19.1 Å². The maximum atomic E-state index is 14.2. The van der Waals surface area contributed by atoms with Gasteiger partial charge in [-0.05, 0) is 88.6 Å². The Morgan fingerprint density at radius 1 is 1.02 bits per heavy atom. The molecule has 3 aromatic carbocycles. The van der Waals surface area contributed by atoms with Crippen molar-refractivity contribution in [2.75, 3.05) is 23.9 Å². The molecule has 0 fully saturated rings. The molecule has 3 N–H and O–H groups in total. The fraction of sp³-hybridized carbons (Fsp3) is 0.303. The lowest BCUT2D eigenvalue weighted by atomic mass is 10.0. The molecule has 0 saturated carbocycles. The van der Waals surface area contributed by atoms with E-state index in [-0.39, 0.29) is 22.7 Å². The number of ether oxygens (including phenoxy) is 2. The number of aryl methyl sites for hydroxylation is 2. The molecule has 0 radical (unpaired) electrons. The van der Waals surface area contributed by atoms with Gasteiger partial charge >= 0.3 is 25.4 Å². The third kappa shape index (κ3) is 8.31. The van der Waals surface area contributed by atoms with Crippen molar-refractivity contribution in [3.8, 4) is 16.9 Å². The zero-order valence-electron chi connectivity index (χ0n) is 27.2. The molecule has 4 rings (SSSR count). The second-order valence-electron chi connectivity index (χ2n) is 11.2. The predicted octanol–water partition coefficient (Wildman–Crippen LogP) is 5.96. The van der Waals surface area contributed by atoms with Crippen molar-refractivity contribution in [2.45, 2.75) is 53.7 Å². The number of amides is 1. The Hall–Kier alpha value is -4.84. The van der Waals surface area contributed by atoms with Crippen LogP contribution < -0.4 is 20.0 Å². The van der Waals surface area contributed by atoms with Gasteiger partial charge in [-0.15, -0.1) is 0 Å². The Labute approximate surface area is 273 Å². The van der Waals surface area contributed by atoms with Gasteiger partial charge in [-0.3, -0.25) is 19.6 Å². The van der Waals surface area contributed by atoms with E-state index in [1.54, 1.807) is 57.2 Å². The molecule has 14 heteroatoms. The highest BCUT2D eigenvalue weighted by atomic mass is 31.2. The molecule has 0 spiro atoms. The van der Waals surface area contributed by atoms with Gasteiger partial charge in [-0.1, -0.05) is 30.3 Å². The van der Waals surface area contributed by atoms with E-state index in [4.69, 9.17) is 14.0 Å². The molecule has 1 amide bonds. The number of esters is 1. The second-order valence-corrected chi connectivity index (χ2v) is 13.3. The highest BCUT2D eigenvalue weighted by molar-refractivity contribution is 7.57. The maximum Gasteiger partial charge on any atom is 0.342 e. The van der Waals surface area contributed by atoms with Crippen molar-refractivity contribution in [1.82, 2.24) is 5.09 Å². The van der Waals surface area contributed by atoms with E-state index in [1.165, 1.54) is 31.2 Å². The summed E-state index contributed by atoms with van der Waals surface area (Å²) >= 11 is 0. The average molecular weight is 664 g/mol. The van der Waals surface area contributed by atoms with Gasteiger partial charge in [-0.25, -0.2) is 9.88 Å². The summed E-state index contributed by atoms with van der Waals surface area (Å²) in [7, 11) is -2.68. The minimum absolute atomic E-state index is 0.00255. The summed E-state index contributed by atoms with van der Waals surface area (Å²) < 4.78 is 30.9. The van der Waals surface area contributed by atoms with E-state index in [0.717, 1.165) is 11.1 Å². The third-order valence-corrected chi connectivity index (χ3v) is 8.94. The highest BCUT2D eigenvalue weighted by Gasteiger charge is 2.34. The molecular weight excluding hydrogens is 625 g/mol. The van der Waals surface area contributed by atoms with E-state index in [2.05, 4.69) is 20.7 Å². The van der Waals surface area contributed by atoms with Crippen LogP contribution in [0.25, 0.3) is 11.1 Å². The minimum atomic E-state index is -4.01. The van der Waals surface area contributed by atoms with Gasteiger partial charge in [0.25, 0.3) is 0 Å². The van der Waals surface area contributed by atoms with E-state index < -0.39 is 43.9 Å². The normalized spacial score (nSPS) is 15.7. The van der Waals surface area contributed by atoms with Gasteiger partial charge in [0.15, 0.2) is 11.5 Å². The summed E-state index contributed by atoms with van der Waals surface area (Å²) in [4.78, 5) is 37.8. The number of aromatic carboxylic acids is 1. The first-order valence-electron chi connectivity index (χ1n) is 14.8. The Morgan fingerprint density at radius 2 is 1.74 bits per heavy atom. The van der Waals surface area contributed by atoms with Crippen LogP contribution in [0.15, 0.2) is 70.9 Å². The summed E-state index contributed by atoms with van der Waals surface area (Å²) in [5.41, 5.74) is 6.91. The summed E-state index contributed by atoms with van der Waals surface area (Å²) in [5.74, 6) is -2.24. The van der Waals surface area contributed by atoms with E-state index >= 15 is 0 Å². The number of hydrazone groups is 2. The first-order chi connectivity index (χ1) is 22.2. The molecule has 1 heterocycles. The summed E-state index contributed by atoms with van der Waals surface area (Å²) in [6.45, 7) is 10.4. The Kier molecular flexibility index (Phi) is 11.0. The van der Waals surface area contributed by atoms with Crippen molar-refractivity contribution in [3.05, 3.63) is 77.4 Å². The standard InChI is InChI=1S/C33H38N5O8P/c1-19(2)45-33(42)23(6)37-47(43,18-44-7)46-30-27(24-10-8-11-25(17-24)32(40)41)12-9-13-28(30)34-35-29-22(5)36-38(31(29)39)26-15-14-20(3)21(4)16-26/h8-17,19,23,34H,18H2,1-7H3,(H,37,43)(H,40,41)/b35-29-/t23-,47?/m0/s1. The lowest BCUT2D eigenvalue weighted by Crippen LogP contribution is -2.36. The van der Waals surface area contributed by atoms with Crippen LogP contribution in [0.1, 0.15) is 49.2 Å². The fourth-order valence-electron chi connectivity index (χ4n) is 4.64. The number of nitrogens with zero attached hydrogens (tertiary/aromatic N) is 3. The third-order valence-electron chi connectivity index (χ3n) is 7.08. The summed E-state index contributed by atoms with van der Waals surface area (Å²) in [6.07, 6.45) is -0.832.